The van der Waals surface area contributed by atoms with Crippen LogP contribution in [0.25, 0.3) is 0 Å². The molecule has 0 aliphatic rings. The molecule has 1 atom stereocenters. The lowest BCUT2D eigenvalue weighted by Crippen LogP contribution is -2.37. The summed E-state index contributed by atoms with van der Waals surface area (Å²) >= 11 is 5.78. The second-order valence-corrected chi connectivity index (χ2v) is 4.54. The van der Waals surface area contributed by atoms with E-state index in [9.17, 15) is 9.90 Å². The first-order valence-electron chi connectivity index (χ1n) is 5.77. The molecule has 3 nitrogen and oxygen atoms in total. The summed E-state index contributed by atoms with van der Waals surface area (Å²) in [6, 6.07) is 6.80. The highest BCUT2D eigenvalue weighted by atomic mass is 35.5. The lowest BCUT2D eigenvalue weighted by Gasteiger charge is -2.23. The molecule has 0 fully saturated rings. The molecule has 1 rings (SSSR count). The number of halogens is 1. The normalized spacial score (nSPS) is 12.2. The lowest BCUT2D eigenvalue weighted by molar-refractivity contribution is 0.0648. The third kappa shape index (κ3) is 4.36. The third-order valence-electron chi connectivity index (χ3n) is 2.36. The minimum Gasteiger partial charge on any atom is -0.392 e. The van der Waals surface area contributed by atoms with Gasteiger partial charge in [-0.2, -0.15) is 0 Å². The van der Waals surface area contributed by atoms with Crippen molar-refractivity contribution in [2.75, 3.05) is 13.1 Å². The van der Waals surface area contributed by atoms with Crippen molar-refractivity contribution in [1.82, 2.24) is 4.90 Å². The van der Waals surface area contributed by atoms with Crippen LogP contribution in [0.2, 0.25) is 5.02 Å². The van der Waals surface area contributed by atoms with E-state index >= 15 is 0 Å². The molecular formula is C13H18ClNO2. The van der Waals surface area contributed by atoms with Crippen LogP contribution >= 0.6 is 11.6 Å². The second-order valence-electron chi connectivity index (χ2n) is 4.11. The minimum absolute atomic E-state index is 0.0654. The molecule has 0 heterocycles. The topological polar surface area (TPSA) is 40.5 Å². The summed E-state index contributed by atoms with van der Waals surface area (Å²) in [5.74, 6) is -0.0654. The number of rotatable bonds is 5. The minimum atomic E-state index is -0.516. The number of aliphatic hydroxyl groups excluding tert-OH is 1. The van der Waals surface area contributed by atoms with Crippen LogP contribution in [-0.2, 0) is 0 Å². The Morgan fingerprint density at radius 1 is 1.41 bits per heavy atom. The fourth-order valence-corrected chi connectivity index (χ4v) is 1.77. The lowest BCUT2D eigenvalue weighted by atomic mass is 10.2. The monoisotopic (exact) mass is 255 g/mol. The SMILES string of the molecule is CCCN(C[C@H](C)O)C(=O)c1ccc(Cl)cc1. The van der Waals surface area contributed by atoms with Gasteiger partial charge in [0.2, 0.25) is 0 Å². The van der Waals surface area contributed by atoms with E-state index in [4.69, 9.17) is 11.6 Å². The van der Waals surface area contributed by atoms with Crippen molar-refractivity contribution in [3.05, 3.63) is 34.9 Å². The van der Waals surface area contributed by atoms with Crippen molar-refractivity contribution >= 4 is 17.5 Å². The van der Waals surface area contributed by atoms with Gasteiger partial charge in [-0.1, -0.05) is 18.5 Å². The van der Waals surface area contributed by atoms with E-state index in [0.29, 0.717) is 23.7 Å². The maximum Gasteiger partial charge on any atom is 0.253 e. The smallest absolute Gasteiger partial charge is 0.253 e. The number of hydrogen-bond acceptors (Lipinski definition) is 2. The molecule has 1 aromatic carbocycles. The standard InChI is InChI=1S/C13H18ClNO2/c1-3-8-15(9-10(2)16)13(17)11-4-6-12(14)7-5-11/h4-7,10,16H,3,8-9H2,1-2H3/t10-/m0/s1. The summed E-state index contributed by atoms with van der Waals surface area (Å²) < 4.78 is 0. The van der Waals surface area contributed by atoms with E-state index in [1.165, 1.54) is 0 Å². The largest absolute Gasteiger partial charge is 0.392 e. The average Bonchev–Trinajstić information content (AvgIpc) is 2.28. The van der Waals surface area contributed by atoms with E-state index in [1.807, 2.05) is 6.92 Å². The van der Waals surface area contributed by atoms with Gasteiger partial charge in [0.1, 0.15) is 0 Å². The van der Waals surface area contributed by atoms with Gasteiger partial charge in [0.25, 0.3) is 5.91 Å². The van der Waals surface area contributed by atoms with E-state index in [-0.39, 0.29) is 5.91 Å². The molecule has 0 spiro atoms. The highest BCUT2D eigenvalue weighted by Gasteiger charge is 2.16. The summed E-state index contributed by atoms with van der Waals surface area (Å²) in [6.45, 7) is 4.68. The van der Waals surface area contributed by atoms with Gasteiger partial charge in [-0.3, -0.25) is 4.79 Å². The number of amides is 1. The van der Waals surface area contributed by atoms with Crippen LogP contribution in [-0.4, -0.2) is 35.1 Å². The average molecular weight is 256 g/mol. The van der Waals surface area contributed by atoms with E-state index in [1.54, 1.807) is 36.1 Å². The number of carbonyl (C=O) groups excluding carboxylic acids is 1. The Bertz CT molecular complexity index is 362. The molecule has 0 aliphatic heterocycles. The first-order valence-corrected chi connectivity index (χ1v) is 6.15. The zero-order valence-corrected chi connectivity index (χ0v) is 10.9. The number of aliphatic hydroxyl groups is 1. The Labute approximate surface area is 107 Å². The molecule has 1 N–H and O–H groups in total. The summed E-state index contributed by atoms with van der Waals surface area (Å²) in [5, 5.41) is 9.98. The molecular weight excluding hydrogens is 238 g/mol. The molecule has 0 aliphatic carbocycles. The molecule has 0 radical (unpaired) electrons. The fraction of sp³-hybridized carbons (Fsp3) is 0.462. The zero-order valence-electron chi connectivity index (χ0n) is 10.2. The van der Waals surface area contributed by atoms with Gasteiger partial charge >= 0.3 is 0 Å². The van der Waals surface area contributed by atoms with Crippen molar-refractivity contribution < 1.29 is 9.90 Å². The molecule has 94 valence electrons. The zero-order chi connectivity index (χ0) is 12.8. The Morgan fingerprint density at radius 3 is 2.47 bits per heavy atom. The van der Waals surface area contributed by atoms with Gasteiger partial charge in [0.05, 0.1) is 6.10 Å². The van der Waals surface area contributed by atoms with Gasteiger partial charge in [-0.05, 0) is 37.6 Å². The van der Waals surface area contributed by atoms with Crippen LogP contribution < -0.4 is 0 Å². The molecule has 1 amide bonds. The molecule has 0 bridgehead atoms. The predicted molar refractivity (Wildman–Crippen MR) is 69.3 cm³/mol. The molecule has 0 unspecified atom stereocenters. The Hall–Kier alpha value is -1.06. The van der Waals surface area contributed by atoms with Crippen LogP contribution in [0.5, 0.6) is 0 Å². The number of nitrogens with zero attached hydrogens (tertiary/aromatic N) is 1. The maximum absolute atomic E-state index is 12.2. The van der Waals surface area contributed by atoms with E-state index < -0.39 is 6.10 Å². The van der Waals surface area contributed by atoms with Gasteiger partial charge in [-0.15, -0.1) is 0 Å². The maximum atomic E-state index is 12.2. The molecule has 1 aromatic rings. The van der Waals surface area contributed by atoms with Crippen LogP contribution in [0.4, 0.5) is 0 Å². The van der Waals surface area contributed by atoms with Gasteiger partial charge < -0.3 is 10.0 Å². The third-order valence-corrected chi connectivity index (χ3v) is 2.61. The van der Waals surface area contributed by atoms with Crippen molar-refractivity contribution in [3.63, 3.8) is 0 Å². The number of benzene rings is 1. The van der Waals surface area contributed by atoms with Crippen LogP contribution in [0, 0.1) is 0 Å². The highest BCUT2D eigenvalue weighted by molar-refractivity contribution is 6.30. The van der Waals surface area contributed by atoms with E-state index in [2.05, 4.69) is 0 Å². The van der Waals surface area contributed by atoms with Crippen LogP contribution in [0.3, 0.4) is 0 Å². The van der Waals surface area contributed by atoms with Gasteiger partial charge in [0, 0.05) is 23.7 Å². The Kier molecular flexibility index (Phi) is 5.45. The second kappa shape index (κ2) is 6.62. The number of carbonyl (C=O) groups is 1. The molecule has 0 aromatic heterocycles. The summed E-state index contributed by atoms with van der Waals surface area (Å²) in [4.78, 5) is 13.8. The molecule has 17 heavy (non-hydrogen) atoms. The Morgan fingerprint density at radius 2 is 2.00 bits per heavy atom. The summed E-state index contributed by atoms with van der Waals surface area (Å²) in [5.41, 5.74) is 0.600. The summed E-state index contributed by atoms with van der Waals surface area (Å²) in [7, 11) is 0. The van der Waals surface area contributed by atoms with Crippen molar-refractivity contribution in [2.24, 2.45) is 0 Å². The fourth-order valence-electron chi connectivity index (χ4n) is 1.64. The predicted octanol–water partition coefficient (Wildman–Crippen LogP) is 2.57. The first kappa shape index (κ1) is 14.0. The highest BCUT2D eigenvalue weighted by Crippen LogP contribution is 2.12. The summed E-state index contributed by atoms with van der Waals surface area (Å²) in [6.07, 6.45) is 0.351. The van der Waals surface area contributed by atoms with Gasteiger partial charge in [0.15, 0.2) is 0 Å². The molecule has 4 heteroatoms. The van der Waals surface area contributed by atoms with Crippen LogP contribution in [0.15, 0.2) is 24.3 Å². The quantitative estimate of drug-likeness (QED) is 0.879. The van der Waals surface area contributed by atoms with Crippen molar-refractivity contribution in [3.8, 4) is 0 Å². The van der Waals surface area contributed by atoms with Crippen molar-refractivity contribution in [1.29, 1.82) is 0 Å². The number of hydrogen-bond donors (Lipinski definition) is 1. The van der Waals surface area contributed by atoms with E-state index in [0.717, 1.165) is 6.42 Å². The molecule has 0 saturated carbocycles. The first-order chi connectivity index (χ1) is 8.04. The Balaban J connectivity index is 2.79. The molecule has 0 saturated heterocycles. The van der Waals surface area contributed by atoms with Gasteiger partial charge in [-0.25, -0.2) is 0 Å². The van der Waals surface area contributed by atoms with Crippen molar-refractivity contribution in [2.45, 2.75) is 26.4 Å². The van der Waals surface area contributed by atoms with Crippen LogP contribution in [0.1, 0.15) is 30.6 Å².